The summed E-state index contributed by atoms with van der Waals surface area (Å²) in [5, 5.41) is 41.9. The lowest BCUT2D eigenvalue weighted by molar-refractivity contribution is -0.242. The van der Waals surface area contributed by atoms with E-state index in [1.165, 1.54) is 38.5 Å². The Balaban J connectivity index is 1.92. The van der Waals surface area contributed by atoms with E-state index in [2.05, 4.69) is 13.8 Å². The molecule has 0 bridgehead atoms. The summed E-state index contributed by atoms with van der Waals surface area (Å²) in [4.78, 5) is 0. The van der Waals surface area contributed by atoms with Crippen LogP contribution in [0.15, 0.2) is 12.1 Å². The van der Waals surface area contributed by atoms with Gasteiger partial charge in [-0.25, -0.2) is 0 Å². The second kappa shape index (κ2) is 21.9. The van der Waals surface area contributed by atoms with Gasteiger partial charge in [0.1, 0.15) is 29.8 Å². The number of aliphatic hydroxyl groups is 3. The molecule has 1 heterocycles. The van der Waals surface area contributed by atoms with Crippen LogP contribution in [-0.2, 0) is 17.6 Å². The minimum atomic E-state index is -1.39. The van der Waals surface area contributed by atoms with Crippen molar-refractivity contribution in [3.05, 3.63) is 23.3 Å². The van der Waals surface area contributed by atoms with E-state index in [0.717, 1.165) is 82.6 Å². The minimum Gasteiger partial charge on any atom is -0.508 e. The summed E-state index contributed by atoms with van der Waals surface area (Å²) in [6.07, 6.45) is 15.1. The highest BCUT2D eigenvalue weighted by atomic mass is 35.5. The molecule has 0 saturated carbocycles. The van der Waals surface area contributed by atoms with E-state index in [0.29, 0.717) is 17.7 Å². The Kier molecular flexibility index (Phi) is 19.5. The van der Waals surface area contributed by atoms with Crippen molar-refractivity contribution in [3.63, 3.8) is 0 Å². The van der Waals surface area contributed by atoms with E-state index in [4.69, 9.17) is 32.7 Å². The fourth-order valence-corrected chi connectivity index (χ4v) is 6.21. The van der Waals surface area contributed by atoms with Crippen molar-refractivity contribution >= 4 is 23.2 Å². The first-order chi connectivity index (χ1) is 20.3. The second-order valence-electron chi connectivity index (χ2n) is 12.2. The van der Waals surface area contributed by atoms with Gasteiger partial charge < -0.3 is 29.9 Å². The predicted molar refractivity (Wildman–Crippen MR) is 173 cm³/mol. The lowest BCUT2D eigenvalue weighted by Gasteiger charge is -2.35. The largest absolute Gasteiger partial charge is 0.508 e. The molecule has 1 aliphatic heterocycles. The van der Waals surface area contributed by atoms with E-state index < -0.39 is 24.6 Å². The average molecular weight is 634 g/mol. The zero-order chi connectivity index (χ0) is 30.7. The number of rotatable bonds is 23. The molecule has 244 valence electrons. The standard InChI is InChI=1S/C34H58Cl2O6/c1-3-5-7-12-18-27(36)20-14-10-15-21-28-29(37)22-25(16-11-8-9-13-19-26(35)17-6-4-2)23-31(28)42-34-33(40)32(39)30(38)24-41-34/h22-23,26-27,30,32-34,37-40H,3-21,24H2,1-2H3/t26?,27?,30-,32+,33-,34+/m1/s1. The summed E-state index contributed by atoms with van der Waals surface area (Å²) < 4.78 is 11.6. The zero-order valence-electron chi connectivity index (χ0n) is 26.1. The molecule has 1 aliphatic rings. The molecular formula is C34H58Cl2O6. The van der Waals surface area contributed by atoms with Crippen LogP contribution in [-0.4, -0.2) is 62.4 Å². The number of alkyl halides is 2. The Labute approximate surface area is 265 Å². The van der Waals surface area contributed by atoms with Crippen molar-refractivity contribution in [3.8, 4) is 11.5 Å². The van der Waals surface area contributed by atoms with Crippen molar-refractivity contribution in [1.82, 2.24) is 0 Å². The second-order valence-corrected chi connectivity index (χ2v) is 13.4. The first-order valence-electron chi connectivity index (χ1n) is 16.7. The Morgan fingerprint density at radius 3 is 1.93 bits per heavy atom. The molecule has 1 saturated heterocycles. The Morgan fingerprint density at radius 2 is 1.29 bits per heavy atom. The molecule has 2 rings (SSSR count). The summed E-state index contributed by atoms with van der Waals surface area (Å²) in [7, 11) is 0. The summed E-state index contributed by atoms with van der Waals surface area (Å²) >= 11 is 12.9. The molecule has 1 aromatic rings. The minimum absolute atomic E-state index is 0.135. The molecule has 0 radical (unpaired) electrons. The highest BCUT2D eigenvalue weighted by molar-refractivity contribution is 6.20. The zero-order valence-corrected chi connectivity index (χ0v) is 27.6. The van der Waals surface area contributed by atoms with E-state index in [9.17, 15) is 20.4 Å². The maximum absolute atomic E-state index is 11.0. The maximum Gasteiger partial charge on any atom is 0.228 e. The van der Waals surface area contributed by atoms with E-state index in [1.807, 2.05) is 12.1 Å². The van der Waals surface area contributed by atoms with Crippen LogP contribution in [0.25, 0.3) is 0 Å². The molecule has 42 heavy (non-hydrogen) atoms. The average Bonchev–Trinajstić information content (AvgIpc) is 2.97. The molecule has 0 spiro atoms. The van der Waals surface area contributed by atoms with Gasteiger partial charge in [0.25, 0.3) is 0 Å². The third kappa shape index (κ3) is 14.3. The smallest absolute Gasteiger partial charge is 0.228 e. The predicted octanol–water partition coefficient (Wildman–Crippen LogP) is 8.18. The number of phenolic OH excluding ortho intramolecular Hbond substituents is 1. The van der Waals surface area contributed by atoms with Crippen LogP contribution < -0.4 is 4.74 Å². The first-order valence-corrected chi connectivity index (χ1v) is 17.6. The van der Waals surface area contributed by atoms with Crippen molar-refractivity contribution in [2.75, 3.05) is 6.61 Å². The molecule has 1 fully saturated rings. The fourth-order valence-electron chi connectivity index (χ4n) is 5.59. The Bertz CT molecular complexity index is 840. The normalized spacial score (nSPS) is 22.3. The van der Waals surface area contributed by atoms with Gasteiger partial charge in [-0.1, -0.05) is 84.5 Å². The number of unbranched alkanes of at least 4 members (excludes halogenated alkanes) is 9. The topological polar surface area (TPSA) is 99.4 Å². The molecule has 8 heteroatoms. The molecule has 0 amide bonds. The van der Waals surface area contributed by atoms with Crippen LogP contribution in [0.1, 0.15) is 134 Å². The molecule has 0 aromatic heterocycles. The molecule has 2 unspecified atom stereocenters. The molecule has 6 nitrogen and oxygen atoms in total. The van der Waals surface area contributed by atoms with Gasteiger partial charge in [0.2, 0.25) is 6.29 Å². The quantitative estimate of drug-likeness (QED) is 0.0717. The number of aliphatic hydroxyl groups excluding tert-OH is 3. The molecular weight excluding hydrogens is 575 g/mol. The van der Waals surface area contributed by atoms with Gasteiger partial charge in [-0.2, -0.15) is 0 Å². The number of aromatic hydroxyl groups is 1. The van der Waals surface area contributed by atoms with Gasteiger partial charge in [0.05, 0.1) is 6.61 Å². The van der Waals surface area contributed by atoms with Crippen molar-refractivity contribution < 1.29 is 29.9 Å². The summed E-state index contributed by atoms with van der Waals surface area (Å²) in [5.41, 5.74) is 1.64. The van der Waals surface area contributed by atoms with Crippen LogP contribution in [0.4, 0.5) is 0 Å². The molecule has 0 aliphatic carbocycles. The third-order valence-corrected chi connectivity index (χ3v) is 9.23. The Morgan fingerprint density at radius 1 is 0.738 bits per heavy atom. The number of hydrogen-bond donors (Lipinski definition) is 4. The SMILES string of the molecule is CCCCCCC(Cl)CCCCCc1c(O)cc(CCCCCCC(Cl)CCCC)cc1O[C@@H]1OC[C@@H](O)[C@H](O)[C@H]1O. The van der Waals surface area contributed by atoms with Crippen LogP contribution in [0.5, 0.6) is 11.5 Å². The highest BCUT2D eigenvalue weighted by Crippen LogP contribution is 2.34. The number of aryl methyl sites for hydroxylation is 1. The maximum atomic E-state index is 11.0. The van der Waals surface area contributed by atoms with Crippen molar-refractivity contribution in [2.45, 2.75) is 171 Å². The molecule has 1 aromatic carbocycles. The molecule has 4 N–H and O–H groups in total. The van der Waals surface area contributed by atoms with E-state index >= 15 is 0 Å². The highest BCUT2D eigenvalue weighted by Gasteiger charge is 2.39. The van der Waals surface area contributed by atoms with Gasteiger partial charge in [0, 0.05) is 16.3 Å². The number of halogens is 2. The summed E-state index contributed by atoms with van der Waals surface area (Å²) in [5.74, 6) is 0.644. The van der Waals surface area contributed by atoms with Gasteiger partial charge >= 0.3 is 0 Å². The third-order valence-electron chi connectivity index (χ3n) is 8.36. The van der Waals surface area contributed by atoms with Gasteiger partial charge in [-0.3, -0.25) is 0 Å². The number of ether oxygens (including phenoxy) is 2. The first kappa shape index (κ1) is 37.4. The van der Waals surface area contributed by atoms with Gasteiger partial charge in [-0.15, -0.1) is 23.2 Å². The summed E-state index contributed by atoms with van der Waals surface area (Å²) in [6, 6.07) is 3.75. The lowest BCUT2D eigenvalue weighted by atomic mass is 9.98. The fraction of sp³-hybridized carbons (Fsp3) is 0.824. The van der Waals surface area contributed by atoms with E-state index in [1.54, 1.807) is 0 Å². The van der Waals surface area contributed by atoms with Crippen molar-refractivity contribution in [2.24, 2.45) is 0 Å². The number of hydrogen-bond acceptors (Lipinski definition) is 6. The van der Waals surface area contributed by atoms with Gasteiger partial charge in [-0.05, 0) is 69.1 Å². The summed E-state index contributed by atoms with van der Waals surface area (Å²) in [6.45, 7) is 4.27. The van der Waals surface area contributed by atoms with Crippen LogP contribution >= 0.6 is 23.2 Å². The lowest BCUT2D eigenvalue weighted by Crippen LogP contribution is -2.54. The van der Waals surface area contributed by atoms with Crippen LogP contribution in [0.3, 0.4) is 0 Å². The monoisotopic (exact) mass is 632 g/mol. The van der Waals surface area contributed by atoms with Crippen LogP contribution in [0, 0.1) is 0 Å². The van der Waals surface area contributed by atoms with Gasteiger partial charge in [0.15, 0.2) is 0 Å². The number of phenols is 1. The number of benzene rings is 1. The van der Waals surface area contributed by atoms with Crippen LogP contribution in [0.2, 0.25) is 0 Å². The Hall–Kier alpha value is -0.760. The van der Waals surface area contributed by atoms with E-state index in [-0.39, 0.29) is 23.1 Å². The molecule has 6 atom stereocenters. The van der Waals surface area contributed by atoms with Crippen molar-refractivity contribution in [1.29, 1.82) is 0 Å².